The van der Waals surface area contributed by atoms with Crippen LogP contribution in [0.3, 0.4) is 0 Å². The van der Waals surface area contributed by atoms with E-state index in [2.05, 4.69) is 0 Å². The predicted octanol–water partition coefficient (Wildman–Crippen LogP) is 2.10. The average Bonchev–Trinajstić information content (AvgIpc) is 2.45. The maximum absolute atomic E-state index is 11.8. The van der Waals surface area contributed by atoms with E-state index >= 15 is 0 Å². The predicted molar refractivity (Wildman–Crippen MR) is 45.6 cm³/mol. The number of carbonyl (C=O) groups excluding carboxylic acids is 1. The van der Waals surface area contributed by atoms with Crippen molar-refractivity contribution >= 4 is 5.91 Å². The summed E-state index contributed by atoms with van der Waals surface area (Å²) in [6.07, 6.45) is -1.73. The van der Waals surface area contributed by atoms with Crippen molar-refractivity contribution in [1.82, 2.24) is 5.32 Å². The average molecular weight is 209 g/mol. The Morgan fingerprint density at radius 3 is 2.50 bits per heavy atom. The highest BCUT2D eigenvalue weighted by molar-refractivity contribution is 5.81. The molecule has 1 saturated carbocycles. The maximum Gasteiger partial charge on any atom is 0.471 e. The van der Waals surface area contributed by atoms with E-state index < -0.39 is 12.1 Å². The summed E-state index contributed by atoms with van der Waals surface area (Å²) < 4.78 is 35.4. The van der Waals surface area contributed by atoms with Crippen molar-refractivity contribution < 1.29 is 18.0 Å². The van der Waals surface area contributed by atoms with Gasteiger partial charge in [0.25, 0.3) is 0 Å². The third kappa shape index (κ3) is 2.89. The van der Waals surface area contributed by atoms with Gasteiger partial charge in [-0.25, -0.2) is 0 Å². The van der Waals surface area contributed by atoms with Crippen molar-refractivity contribution in [2.45, 2.75) is 32.4 Å². The number of hydrogen-bond donors (Lipinski definition) is 1. The largest absolute Gasteiger partial charge is 0.471 e. The van der Waals surface area contributed by atoms with Gasteiger partial charge >= 0.3 is 12.1 Å². The van der Waals surface area contributed by atoms with Crippen LogP contribution in [0.4, 0.5) is 13.2 Å². The molecule has 0 aromatic heterocycles. The molecule has 1 aliphatic carbocycles. The SMILES string of the molecule is CC1CCCC1CNC(=O)C(F)(F)F. The van der Waals surface area contributed by atoms with Gasteiger partial charge in [-0.05, 0) is 18.3 Å². The van der Waals surface area contributed by atoms with Crippen LogP contribution in [-0.2, 0) is 4.79 Å². The summed E-state index contributed by atoms with van der Waals surface area (Å²) in [6.45, 7) is 2.16. The molecule has 2 nitrogen and oxygen atoms in total. The molecule has 2 unspecified atom stereocenters. The van der Waals surface area contributed by atoms with E-state index in [1.807, 2.05) is 12.2 Å². The minimum Gasteiger partial charge on any atom is -0.348 e. The summed E-state index contributed by atoms with van der Waals surface area (Å²) in [5, 5.41) is 1.93. The van der Waals surface area contributed by atoms with Crippen LogP contribution in [0.2, 0.25) is 0 Å². The van der Waals surface area contributed by atoms with Crippen molar-refractivity contribution in [3.8, 4) is 0 Å². The number of nitrogens with one attached hydrogen (secondary N) is 1. The normalized spacial score (nSPS) is 27.7. The molecule has 1 aliphatic rings. The first kappa shape index (κ1) is 11.3. The van der Waals surface area contributed by atoms with Crippen molar-refractivity contribution in [3.63, 3.8) is 0 Å². The van der Waals surface area contributed by atoms with E-state index in [0.717, 1.165) is 19.3 Å². The van der Waals surface area contributed by atoms with E-state index in [1.165, 1.54) is 0 Å². The van der Waals surface area contributed by atoms with Gasteiger partial charge in [0.05, 0.1) is 0 Å². The number of rotatable bonds is 2. The first-order valence-corrected chi connectivity index (χ1v) is 4.76. The molecule has 0 saturated heterocycles. The van der Waals surface area contributed by atoms with E-state index in [1.54, 1.807) is 0 Å². The Morgan fingerprint density at radius 1 is 1.43 bits per heavy atom. The third-order valence-corrected chi connectivity index (χ3v) is 2.82. The van der Waals surface area contributed by atoms with Crippen LogP contribution < -0.4 is 5.32 Å². The lowest BCUT2D eigenvalue weighted by Crippen LogP contribution is -2.39. The molecule has 14 heavy (non-hydrogen) atoms. The van der Waals surface area contributed by atoms with E-state index in [-0.39, 0.29) is 12.5 Å². The lowest BCUT2D eigenvalue weighted by Gasteiger charge is -2.16. The first-order chi connectivity index (χ1) is 6.41. The number of hydrogen-bond acceptors (Lipinski definition) is 1. The summed E-state index contributed by atoms with van der Waals surface area (Å²) in [5.41, 5.74) is 0. The quantitative estimate of drug-likeness (QED) is 0.741. The summed E-state index contributed by atoms with van der Waals surface area (Å²) >= 11 is 0. The van der Waals surface area contributed by atoms with Gasteiger partial charge in [-0.15, -0.1) is 0 Å². The zero-order valence-electron chi connectivity index (χ0n) is 8.03. The van der Waals surface area contributed by atoms with Gasteiger partial charge in [0.1, 0.15) is 0 Å². The second-order valence-electron chi connectivity index (χ2n) is 3.88. The van der Waals surface area contributed by atoms with Gasteiger partial charge < -0.3 is 5.32 Å². The van der Waals surface area contributed by atoms with Gasteiger partial charge in [-0.2, -0.15) is 13.2 Å². The molecule has 0 spiro atoms. The van der Waals surface area contributed by atoms with Gasteiger partial charge in [-0.1, -0.05) is 19.8 Å². The summed E-state index contributed by atoms with van der Waals surface area (Å²) in [6, 6.07) is 0. The van der Waals surface area contributed by atoms with Gasteiger partial charge in [0.2, 0.25) is 0 Å². The molecule has 0 aromatic rings. The topological polar surface area (TPSA) is 29.1 Å². The van der Waals surface area contributed by atoms with Crippen LogP contribution in [0.25, 0.3) is 0 Å². The Kier molecular flexibility index (Phi) is 3.39. The van der Waals surface area contributed by atoms with Crippen LogP contribution in [0.1, 0.15) is 26.2 Å². The second kappa shape index (κ2) is 4.19. The highest BCUT2D eigenvalue weighted by atomic mass is 19.4. The van der Waals surface area contributed by atoms with Crippen LogP contribution in [0, 0.1) is 11.8 Å². The Labute approximate surface area is 80.9 Å². The van der Waals surface area contributed by atoms with Crippen molar-refractivity contribution in [3.05, 3.63) is 0 Å². The summed E-state index contributed by atoms with van der Waals surface area (Å²) in [7, 11) is 0. The standard InChI is InChI=1S/C9H14F3NO/c1-6-3-2-4-7(6)5-13-8(14)9(10,11)12/h6-7H,2-5H2,1H3,(H,13,14). The Hall–Kier alpha value is -0.740. The Bertz CT molecular complexity index is 215. The molecule has 0 aromatic carbocycles. The van der Waals surface area contributed by atoms with Crippen LogP contribution in [0.5, 0.6) is 0 Å². The monoisotopic (exact) mass is 209 g/mol. The van der Waals surface area contributed by atoms with E-state index in [9.17, 15) is 18.0 Å². The van der Waals surface area contributed by atoms with E-state index in [4.69, 9.17) is 0 Å². The summed E-state index contributed by atoms with van der Waals surface area (Å²) in [5.74, 6) is -1.19. The Balaban J connectivity index is 2.30. The van der Waals surface area contributed by atoms with E-state index in [0.29, 0.717) is 5.92 Å². The number of amides is 1. The van der Waals surface area contributed by atoms with Gasteiger partial charge in [0.15, 0.2) is 0 Å². The van der Waals surface area contributed by atoms with Gasteiger partial charge in [0, 0.05) is 6.54 Å². The van der Waals surface area contributed by atoms with Gasteiger partial charge in [-0.3, -0.25) is 4.79 Å². The molecule has 0 aliphatic heterocycles. The van der Waals surface area contributed by atoms with Crippen molar-refractivity contribution in [2.75, 3.05) is 6.54 Å². The molecule has 2 atom stereocenters. The molecule has 0 radical (unpaired) electrons. The number of halogens is 3. The fourth-order valence-electron chi connectivity index (χ4n) is 1.85. The van der Waals surface area contributed by atoms with Crippen LogP contribution in [0.15, 0.2) is 0 Å². The van der Waals surface area contributed by atoms with Crippen molar-refractivity contribution in [1.29, 1.82) is 0 Å². The highest BCUT2D eigenvalue weighted by Crippen LogP contribution is 2.30. The van der Waals surface area contributed by atoms with Crippen LogP contribution in [-0.4, -0.2) is 18.6 Å². The minimum atomic E-state index is -4.75. The molecule has 1 rings (SSSR count). The highest BCUT2D eigenvalue weighted by Gasteiger charge is 2.39. The number of alkyl halides is 3. The fourth-order valence-corrected chi connectivity index (χ4v) is 1.85. The lowest BCUT2D eigenvalue weighted by molar-refractivity contribution is -0.173. The van der Waals surface area contributed by atoms with Crippen LogP contribution >= 0.6 is 0 Å². The summed E-state index contributed by atoms with van der Waals surface area (Å²) in [4.78, 5) is 10.5. The molecule has 1 N–H and O–H groups in total. The zero-order valence-corrected chi connectivity index (χ0v) is 8.03. The Morgan fingerprint density at radius 2 is 2.07 bits per heavy atom. The molecule has 0 bridgehead atoms. The molecule has 1 amide bonds. The molecule has 1 fully saturated rings. The second-order valence-corrected chi connectivity index (χ2v) is 3.88. The molecule has 82 valence electrons. The van der Waals surface area contributed by atoms with Crippen molar-refractivity contribution in [2.24, 2.45) is 11.8 Å². The number of carbonyl (C=O) groups is 1. The molecule has 5 heteroatoms. The first-order valence-electron chi connectivity index (χ1n) is 4.76. The fraction of sp³-hybridized carbons (Fsp3) is 0.889. The lowest BCUT2D eigenvalue weighted by atomic mass is 9.98. The maximum atomic E-state index is 11.8. The molecular weight excluding hydrogens is 195 g/mol. The molecular formula is C9H14F3NO. The third-order valence-electron chi connectivity index (χ3n) is 2.82. The molecule has 0 heterocycles. The minimum absolute atomic E-state index is 0.152. The zero-order chi connectivity index (χ0) is 10.8. The smallest absolute Gasteiger partial charge is 0.348 e.